The molecular formula is C21H23N5O2. The smallest absolute Gasteiger partial charge is 0.280 e. The molecule has 3 rings (SSSR count). The Morgan fingerprint density at radius 2 is 1.82 bits per heavy atom. The van der Waals surface area contributed by atoms with E-state index in [2.05, 4.69) is 34.1 Å². The Morgan fingerprint density at radius 1 is 1.11 bits per heavy atom. The summed E-state index contributed by atoms with van der Waals surface area (Å²) in [6, 6.07) is 14.4. The van der Waals surface area contributed by atoms with Gasteiger partial charge in [0.25, 0.3) is 5.91 Å². The van der Waals surface area contributed by atoms with Crippen LogP contribution in [0, 0.1) is 6.92 Å². The first-order valence-corrected chi connectivity index (χ1v) is 9.22. The van der Waals surface area contributed by atoms with Crippen molar-refractivity contribution in [1.29, 1.82) is 0 Å². The summed E-state index contributed by atoms with van der Waals surface area (Å²) in [5, 5.41) is 6.98. The van der Waals surface area contributed by atoms with Crippen molar-refractivity contribution in [2.24, 2.45) is 0 Å². The lowest BCUT2D eigenvalue weighted by Crippen LogP contribution is -2.27. The van der Waals surface area contributed by atoms with Gasteiger partial charge < -0.3 is 10.2 Å². The van der Waals surface area contributed by atoms with E-state index in [0.717, 1.165) is 24.6 Å². The molecule has 0 radical (unpaired) electrons. The van der Waals surface area contributed by atoms with Crippen molar-refractivity contribution in [2.45, 2.75) is 20.8 Å². The topological polar surface area (TPSA) is 80.1 Å². The van der Waals surface area contributed by atoms with Crippen molar-refractivity contribution in [3.05, 3.63) is 76.3 Å². The van der Waals surface area contributed by atoms with Crippen LogP contribution in [0.5, 0.6) is 0 Å². The molecule has 0 atom stereocenters. The van der Waals surface area contributed by atoms with Crippen LogP contribution in [0.2, 0.25) is 0 Å². The van der Waals surface area contributed by atoms with E-state index >= 15 is 0 Å². The monoisotopic (exact) mass is 377 g/mol. The number of nitrogens with one attached hydrogen (secondary N) is 1. The van der Waals surface area contributed by atoms with Gasteiger partial charge in [0, 0.05) is 24.8 Å². The number of nitrogens with zero attached hydrogens (tertiary/aromatic N) is 4. The minimum Gasteiger partial charge on any atom is -0.357 e. The van der Waals surface area contributed by atoms with Gasteiger partial charge in [-0.1, -0.05) is 18.2 Å². The molecule has 144 valence electrons. The summed E-state index contributed by atoms with van der Waals surface area (Å²) >= 11 is 0. The Labute approximate surface area is 163 Å². The highest BCUT2D eigenvalue weighted by molar-refractivity contribution is 6.02. The maximum atomic E-state index is 12.6. The zero-order valence-electron chi connectivity index (χ0n) is 16.2. The zero-order valence-corrected chi connectivity index (χ0v) is 16.2. The van der Waals surface area contributed by atoms with Crippen molar-refractivity contribution in [2.75, 3.05) is 23.3 Å². The second kappa shape index (κ2) is 8.47. The largest absolute Gasteiger partial charge is 0.357 e. The molecule has 0 bridgehead atoms. The molecule has 0 fully saturated rings. The van der Waals surface area contributed by atoms with Crippen LogP contribution >= 0.6 is 0 Å². The van der Waals surface area contributed by atoms with Gasteiger partial charge in [-0.25, -0.2) is 9.67 Å². The summed E-state index contributed by atoms with van der Waals surface area (Å²) in [7, 11) is 0. The average molecular weight is 377 g/mol. The SMILES string of the molecule is CCN(CC)c1ccc(NC(=O)c2nn(-c3ccccc3)c(C)cc2=O)cn1. The maximum absolute atomic E-state index is 12.6. The summed E-state index contributed by atoms with van der Waals surface area (Å²) in [6.45, 7) is 7.59. The van der Waals surface area contributed by atoms with E-state index in [1.807, 2.05) is 36.4 Å². The molecule has 0 aliphatic carbocycles. The highest BCUT2D eigenvalue weighted by atomic mass is 16.2. The Balaban J connectivity index is 1.86. The Morgan fingerprint density at radius 3 is 2.43 bits per heavy atom. The highest BCUT2D eigenvalue weighted by Crippen LogP contribution is 2.14. The molecule has 7 heteroatoms. The van der Waals surface area contributed by atoms with Gasteiger partial charge in [0.2, 0.25) is 5.43 Å². The normalized spacial score (nSPS) is 10.5. The molecule has 7 nitrogen and oxygen atoms in total. The van der Waals surface area contributed by atoms with Crippen LogP contribution in [0.3, 0.4) is 0 Å². The van der Waals surface area contributed by atoms with Gasteiger partial charge in [0.1, 0.15) is 5.82 Å². The van der Waals surface area contributed by atoms with Gasteiger partial charge >= 0.3 is 0 Å². The molecule has 1 N–H and O–H groups in total. The number of aromatic nitrogens is 3. The van der Waals surface area contributed by atoms with E-state index in [1.54, 1.807) is 23.9 Å². The van der Waals surface area contributed by atoms with Crippen molar-refractivity contribution < 1.29 is 4.79 Å². The molecule has 2 heterocycles. The van der Waals surface area contributed by atoms with E-state index in [1.165, 1.54) is 6.07 Å². The van der Waals surface area contributed by atoms with Gasteiger partial charge in [0.15, 0.2) is 5.69 Å². The van der Waals surface area contributed by atoms with Crippen LogP contribution in [0.1, 0.15) is 30.0 Å². The Hall–Kier alpha value is -3.48. The second-order valence-electron chi connectivity index (χ2n) is 6.28. The second-order valence-corrected chi connectivity index (χ2v) is 6.28. The lowest BCUT2D eigenvalue weighted by Gasteiger charge is -2.19. The molecule has 28 heavy (non-hydrogen) atoms. The van der Waals surface area contributed by atoms with Gasteiger partial charge in [-0.05, 0) is 45.0 Å². The van der Waals surface area contributed by atoms with E-state index in [-0.39, 0.29) is 5.69 Å². The molecule has 1 amide bonds. The molecule has 3 aromatic rings. The van der Waals surface area contributed by atoms with E-state index in [0.29, 0.717) is 11.4 Å². The van der Waals surface area contributed by atoms with Gasteiger partial charge in [-0.3, -0.25) is 9.59 Å². The lowest BCUT2D eigenvalue weighted by atomic mass is 10.2. The number of amides is 1. The van der Waals surface area contributed by atoms with Crippen LogP contribution in [-0.4, -0.2) is 33.8 Å². The minimum absolute atomic E-state index is 0.165. The number of hydrogen-bond donors (Lipinski definition) is 1. The molecule has 0 unspecified atom stereocenters. The summed E-state index contributed by atoms with van der Waals surface area (Å²) < 4.78 is 1.58. The van der Waals surface area contributed by atoms with E-state index < -0.39 is 11.3 Å². The van der Waals surface area contributed by atoms with Crippen molar-refractivity contribution in [3.8, 4) is 5.69 Å². The molecule has 0 aliphatic heterocycles. The van der Waals surface area contributed by atoms with Crippen LogP contribution < -0.4 is 15.6 Å². The number of carbonyl (C=O) groups is 1. The number of rotatable bonds is 6. The van der Waals surface area contributed by atoms with Gasteiger partial charge in [-0.15, -0.1) is 0 Å². The van der Waals surface area contributed by atoms with E-state index in [9.17, 15) is 9.59 Å². The number of anilines is 2. The minimum atomic E-state index is -0.563. The zero-order chi connectivity index (χ0) is 20.1. The highest BCUT2D eigenvalue weighted by Gasteiger charge is 2.16. The predicted molar refractivity (Wildman–Crippen MR) is 110 cm³/mol. The fraction of sp³-hybridized carbons (Fsp3) is 0.238. The fourth-order valence-corrected chi connectivity index (χ4v) is 2.92. The van der Waals surface area contributed by atoms with E-state index in [4.69, 9.17) is 0 Å². The molecular weight excluding hydrogens is 354 g/mol. The predicted octanol–water partition coefficient (Wildman–Crippen LogP) is 3.03. The lowest BCUT2D eigenvalue weighted by molar-refractivity contribution is 0.101. The number of pyridine rings is 1. The molecule has 1 aromatic carbocycles. The van der Waals surface area contributed by atoms with Crippen LogP contribution in [0.4, 0.5) is 11.5 Å². The maximum Gasteiger partial charge on any atom is 0.280 e. The Kier molecular flexibility index (Phi) is 5.84. The molecule has 0 saturated heterocycles. The molecule has 2 aromatic heterocycles. The van der Waals surface area contributed by atoms with Crippen molar-refractivity contribution in [1.82, 2.24) is 14.8 Å². The third kappa shape index (κ3) is 4.09. The van der Waals surface area contributed by atoms with Crippen molar-refractivity contribution in [3.63, 3.8) is 0 Å². The summed E-state index contributed by atoms with van der Waals surface area (Å²) in [4.78, 5) is 31.4. The summed E-state index contributed by atoms with van der Waals surface area (Å²) in [5.74, 6) is 0.273. The van der Waals surface area contributed by atoms with Crippen molar-refractivity contribution >= 4 is 17.4 Å². The molecule has 0 spiro atoms. The van der Waals surface area contributed by atoms with Crippen LogP contribution in [0.25, 0.3) is 5.69 Å². The fourth-order valence-electron chi connectivity index (χ4n) is 2.92. The first-order chi connectivity index (χ1) is 13.5. The third-order valence-corrected chi connectivity index (χ3v) is 4.42. The average Bonchev–Trinajstić information content (AvgIpc) is 2.71. The molecule has 0 saturated carbocycles. The number of benzene rings is 1. The number of hydrogen-bond acceptors (Lipinski definition) is 5. The first-order valence-electron chi connectivity index (χ1n) is 9.22. The van der Waals surface area contributed by atoms with Gasteiger partial charge in [-0.2, -0.15) is 5.10 Å². The number of aryl methyl sites for hydroxylation is 1. The van der Waals surface area contributed by atoms with Gasteiger partial charge in [0.05, 0.1) is 17.6 Å². The Bertz CT molecular complexity index is 1010. The third-order valence-electron chi connectivity index (χ3n) is 4.42. The summed E-state index contributed by atoms with van der Waals surface area (Å²) in [6.07, 6.45) is 1.58. The first kappa shape index (κ1) is 19.3. The molecule has 0 aliphatic rings. The summed E-state index contributed by atoms with van der Waals surface area (Å²) in [5.41, 5.74) is 1.35. The number of para-hydroxylation sites is 1. The standard InChI is InChI=1S/C21H23N5O2/c1-4-25(5-2)19-12-11-16(14-22-19)23-21(28)20-18(27)13-15(3)26(24-20)17-9-7-6-8-10-17/h6-14H,4-5H2,1-3H3,(H,23,28). The quantitative estimate of drug-likeness (QED) is 0.714. The van der Waals surface area contributed by atoms with Crippen LogP contribution in [-0.2, 0) is 0 Å². The number of carbonyl (C=O) groups excluding carboxylic acids is 1. The van der Waals surface area contributed by atoms with Crippen LogP contribution in [0.15, 0.2) is 59.5 Å².